The summed E-state index contributed by atoms with van der Waals surface area (Å²) in [7, 11) is 0. The predicted molar refractivity (Wildman–Crippen MR) is 38.8 cm³/mol. The van der Waals surface area contributed by atoms with Crippen LogP contribution in [0.2, 0.25) is 0 Å². The molecule has 0 radical (unpaired) electrons. The van der Waals surface area contributed by atoms with Crippen LogP contribution in [0.15, 0.2) is 0 Å². The summed E-state index contributed by atoms with van der Waals surface area (Å²) in [4.78, 5) is 0. The van der Waals surface area contributed by atoms with Crippen LogP contribution in [0.4, 0.5) is 0 Å². The number of hydrogen-bond donors (Lipinski definition) is 0. The van der Waals surface area contributed by atoms with E-state index in [2.05, 4.69) is 0 Å². The van der Waals surface area contributed by atoms with Crippen LogP contribution in [-0.4, -0.2) is 101 Å². The van der Waals surface area contributed by atoms with Crippen molar-refractivity contribution in [3.8, 4) is 0 Å². The molecule has 0 N–H and O–H groups in total. The summed E-state index contributed by atoms with van der Waals surface area (Å²) in [5, 5.41) is 0. The Bertz CT molecular complexity index is 8.00. The average Bonchev–Trinajstić information content (AvgIpc) is 0. The fourth-order valence-corrected chi connectivity index (χ4v) is 0. The zero-order chi connectivity index (χ0) is 0. The van der Waals surface area contributed by atoms with Crippen molar-refractivity contribution in [2.45, 2.75) is 0 Å². The van der Waals surface area contributed by atoms with E-state index in [4.69, 9.17) is 0 Å². The first-order valence-corrected chi connectivity index (χ1v) is 0. The Balaban J connectivity index is 0. The minimum atomic E-state index is 0. The van der Waals surface area contributed by atoms with Crippen molar-refractivity contribution in [1.29, 1.82) is 0 Å². The second-order valence-electron chi connectivity index (χ2n) is 0. The van der Waals surface area contributed by atoms with Gasteiger partial charge in [-0.05, 0) is 0 Å². The van der Waals surface area contributed by atoms with Crippen molar-refractivity contribution in [1.82, 2.24) is 0 Å². The number of rotatable bonds is 0. The molecule has 0 aromatic carbocycles. The molecule has 4 heavy (non-hydrogen) atoms. The van der Waals surface area contributed by atoms with Gasteiger partial charge in [0.2, 0.25) is 0 Å². The second-order valence-corrected chi connectivity index (χ2v) is 0. The first-order valence-electron chi connectivity index (χ1n) is 0. The van der Waals surface area contributed by atoms with Gasteiger partial charge in [0, 0.05) is 0 Å². The summed E-state index contributed by atoms with van der Waals surface area (Å²) in [6.45, 7) is 0. The van der Waals surface area contributed by atoms with Crippen molar-refractivity contribution in [2.24, 2.45) is 0 Å². The Labute approximate surface area is 111 Å². The van der Waals surface area contributed by atoms with E-state index >= 15 is 0 Å². The normalized spacial score (nSPS) is 0. The molecule has 0 spiro atoms. The molecule has 0 aromatic rings. The average molecular weight is 503 g/mol. The van der Waals surface area contributed by atoms with Gasteiger partial charge in [-0.3, -0.25) is 0 Å². The first kappa shape index (κ1) is 25.3. The number of hydrogen-bond acceptors (Lipinski definition) is 0. The molecule has 0 aliphatic carbocycles. The molecule has 0 amide bonds. The maximum atomic E-state index is 0. The molecule has 4 heteroatoms. The molecule has 26 valence electrons. The molecule has 0 unspecified atom stereocenters. The molecular weight excluding hydrogens is 493 g/mol. The molecule has 0 nitrogen and oxygen atoms in total. The van der Waals surface area contributed by atoms with Crippen LogP contribution >= 0.6 is 13.5 Å². The van der Waals surface area contributed by atoms with Crippen LogP contribution in [0.1, 0.15) is 0 Å². The summed E-state index contributed by atoms with van der Waals surface area (Å²) >= 11 is 0. The van der Waals surface area contributed by atoms with Gasteiger partial charge < -0.3 is 0 Å². The topological polar surface area (TPSA) is 0 Å². The van der Waals surface area contributed by atoms with Crippen LogP contribution in [0.25, 0.3) is 0 Å². The van der Waals surface area contributed by atoms with Crippen LogP contribution in [0, 0.1) is 0 Å². The van der Waals surface area contributed by atoms with Crippen molar-refractivity contribution >= 4 is 114 Å². The molecule has 0 aliphatic heterocycles. The molecule has 0 saturated carbocycles. The predicted octanol–water partition coefficient (Wildman–Crippen LogP) is -3.17. The molecule has 0 heterocycles. The van der Waals surface area contributed by atoms with Gasteiger partial charge in [0.05, 0.1) is 0 Å². The van der Waals surface area contributed by atoms with E-state index in [0.717, 1.165) is 0 Å². The molecule has 0 saturated heterocycles. The van der Waals surface area contributed by atoms with Gasteiger partial charge in [0.15, 0.2) is 0 Å². The molecule has 0 atom stereocenters. The minimum absolute atomic E-state index is 0. The van der Waals surface area contributed by atoms with E-state index in [1.165, 1.54) is 0 Å². The van der Waals surface area contributed by atoms with E-state index in [0.29, 0.717) is 0 Å². The van der Waals surface area contributed by atoms with Crippen LogP contribution in [0.5, 0.6) is 0 Å². The van der Waals surface area contributed by atoms with Gasteiger partial charge in [-0.1, -0.05) is 0 Å². The van der Waals surface area contributed by atoms with Crippen LogP contribution in [-0.2, 0) is 0 Å². The van der Waals surface area contributed by atoms with Gasteiger partial charge in [-0.15, -0.1) is 0 Å². The van der Waals surface area contributed by atoms with Crippen LogP contribution < -0.4 is 0 Å². The Hall–Kier alpha value is 3.67. The maximum absolute atomic E-state index is 0. The van der Waals surface area contributed by atoms with E-state index in [1.807, 2.05) is 0 Å². The third kappa shape index (κ3) is 9.18. The fraction of sp³-hybridized carbons (Fsp3) is 0. The fourth-order valence-electron chi connectivity index (χ4n) is 0. The third-order valence-electron chi connectivity index (χ3n) is 0. The van der Waals surface area contributed by atoms with Crippen LogP contribution in [0.3, 0.4) is 0 Å². The van der Waals surface area contributed by atoms with E-state index < -0.39 is 0 Å². The Kier molecular flexibility index (Phi) is 101. The molecule has 0 rings (SSSR count). The molecule has 0 fully saturated rings. The molecule has 0 aromatic heterocycles. The zero-order valence-corrected chi connectivity index (χ0v) is 7.70. The molecular formula is H10BaBiInS. The standard InChI is InChI=1S/Ba.Bi.In.H2S.8H/h;;;1H2;;;;;;;;. The second kappa shape index (κ2) is 15.9. The summed E-state index contributed by atoms with van der Waals surface area (Å²) in [5.41, 5.74) is 0. The van der Waals surface area contributed by atoms with Crippen molar-refractivity contribution < 1.29 is 0 Å². The first-order chi connectivity index (χ1) is 0. The van der Waals surface area contributed by atoms with Gasteiger partial charge in [0.25, 0.3) is 0 Å². The SMILES string of the molecule is S.[BaH2].[BiH3].[InH3]. The van der Waals surface area contributed by atoms with Gasteiger partial charge in [0.1, 0.15) is 0 Å². The van der Waals surface area contributed by atoms with Crippen molar-refractivity contribution in [2.75, 3.05) is 0 Å². The van der Waals surface area contributed by atoms with Crippen molar-refractivity contribution in [3.63, 3.8) is 0 Å². The molecule has 0 bridgehead atoms. The van der Waals surface area contributed by atoms with E-state index in [9.17, 15) is 0 Å². The third-order valence-corrected chi connectivity index (χ3v) is 0. The summed E-state index contributed by atoms with van der Waals surface area (Å²) in [6, 6.07) is 0. The Morgan fingerprint density at radius 3 is 1.00 bits per heavy atom. The van der Waals surface area contributed by atoms with Gasteiger partial charge in [-0.2, -0.15) is 13.5 Å². The monoisotopic (exact) mass is 504 g/mol. The molecule has 0 aliphatic rings. The Morgan fingerprint density at radius 2 is 1.00 bits per heavy atom. The quantitative estimate of drug-likeness (QED) is 0.307. The van der Waals surface area contributed by atoms with E-state index in [1.54, 1.807) is 0 Å². The summed E-state index contributed by atoms with van der Waals surface area (Å²) in [6.07, 6.45) is 0. The van der Waals surface area contributed by atoms with Gasteiger partial charge >= 0.3 is 101 Å². The van der Waals surface area contributed by atoms with Gasteiger partial charge in [-0.25, -0.2) is 0 Å². The summed E-state index contributed by atoms with van der Waals surface area (Å²) < 4.78 is 0. The Morgan fingerprint density at radius 1 is 1.00 bits per heavy atom. The summed E-state index contributed by atoms with van der Waals surface area (Å²) in [5.74, 6) is 0. The van der Waals surface area contributed by atoms with Crippen molar-refractivity contribution in [3.05, 3.63) is 0 Å². The van der Waals surface area contributed by atoms with E-state index in [-0.39, 0.29) is 114 Å². The zero-order valence-electron chi connectivity index (χ0n) is 1.21.